The van der Waals surface area contributed by atoms with Crippen LogP contribution in [0, 0.1) is 23.2 Å². The molecule has 0 aromatic heterocycles. The van der Waals surface area contributed by atoms with Crippen molar-refractivity contribution in [3.8, 4) is 6.07 Å². The lowest BCUT2D eigenvalue weighted by molar-refractivity contribution is -0.148. The van der Waals surface area contributed by atoms with Crippen LogP contribution in [-0.4, -0.2) is 12.6 Å². The van der Waals surface area contributed by atoms with Crippen molar-refractivity contribution in [1.82, 2.24) is 0 Å². The van der Waals surface area contributed by atoms with Gasteiger partial charge in [-0.25, -0.2) is 0 Å². The quantitative estimate of drug-likeness (QED) is 0.766. The smallest absolute Gasteiger partial charge is 0.324 e. The first-order valence-corrected chi connectivity index (χ1v) is 9.20. The molecule has 1 aromatic carbocycles. The highest BCUT2D eigenvalue weighted by molar-refractivity contribution is 5.78. The minimum absolute atomic E-state index is 0.318. The van der Waals surface area contributed by atoms with Crippen molar-refractivity contribution in [3.63, 3.8) is 0 Å². The summed E-state index contributed by atoms with van der Waals surface area (Å²) in [5, 5.41) is 9.64. The molecule has 2 aliphatic rings. The molecule has 3 heteroatoms. The van der Waals surface area contributed by atoms with Crippen LogP contribution in [0.25, 0.3) is 0 Å². The number of carbonyl (C=O) groups is 1. The summed E-state index contributed by atoms with van der Waals surface area (Å²) in [5.74, 6) is 0.335. The Balaban J connectivity index is 1.96. The van der Waals surface area contributed by atoms with E-state index < -0.39 is 11.3 Å². The van der Waals surface area contributed by atoms with E-state index in [0.29, 0.717) is 12.5 Å². The van der Waals surface area contributed by atoms with Gasteiger partial charge in [0.2, 0.25) is 0 Å². The van der Waals surface area contributed by atoms with E-state index in [1.54, 1.807) is 6.92 Å². The second-order valence-corrected chi connectivity index (χ2v) is 7.66. The number of nitriles is 1. The Morgan fingerprint density at radius 1 is 1.46 bits per heavy atom. The van der Waals surface area contributed by atoms with Gasteiger partial charge in [0.05, 0.1) is 12.7 Å². The maximum absolute atomic E-state index is 12.3. The van der Waals surface area contributed by atoms with E-state index in [1.165, 1.54) is 29.5 Å². The fraction of sp³-hybridized carbons (Fsp3) is 0.619. The summed E-state index contributed by atoms with van der Waals surface area (Å²) >= 11 is 0. The fourth-order valence-electron chi connectivity index (χ4n) is 4.53. The highest BCUT2D eigenvalue weighted by atomic mass is 16.5. The van der Waals surface area contributed by atoms with Crippen LogP contribution >= 0.6 is 0 Å². The monoisotopic (exact) mass is 325 g/mol. The average Bonchev–Trinajstić information content (AvgIpc) is 2.54. The van der Waals surface area contributed by atoms with Crippen LogP contribution in [-0.2, 0) is 21.4 Å². The molecule has 2 aliphatic carbocycles. The van der Waals surface area contributed by atoms with E-state index in [0.717, 1.165) is 25.2 Å². The number of hydrogen-bond donors (Lipinski definition) is 0. The van der Waals surface area contributed by atoms with Crippen LogP contribution in [0.5, 0.6) is 0 Å². The number of hydrogen-bond acceptors (Lipinski definition) is 3. The van der Waals surface area contributed by atoms with Crippen molar-refractivity contribution >= 4 is 5.97 Å². The summed E-state index contributed by atoms with van der Waals surface area (Å²) in [6, 6.07) is 8.97. The zero-order valence-electron chi connectivity index (χ0n) is 15.0. The molecule has 24 heavy (non-hydrogen) atoms. The third-order valence-corrected chi connectivity index (χ3v) is 6.22. The summed E-state index contributed by atoms with van der Waals surface area (Å²) in [5.41, 5.74) is 3.48. The number of nitrogens with zero attached hydrogens (tertiary/aromatic N) is 1. The average molecular weight is 325 g/mol. The Hall–Kier alpha value is -1.82. The fourth-order valence-corrected chi connectivity index (χ4v) is 4.53. The van der Waals surface area contributed by atoms with E-state index >= 15 is 0 Å². The topological polar surface area (TPSA) is 50.1 Å². The second-order valence-electron chi connectivity index (χ2n) is 7.66. The molecule has 1 fully saturated rings. The highest BCUT2D eigenvalue weighted by Crippen LogP contribution is 2.46. The van der Waals surface area contributed by atoms with Gasteiger partial charge in [-0.2, -0.15) is 5.26 Å². The van der Waals surface area contributed by atoms with E-state index in [-0.39, 0.29) is 5.97 Å². The molecular formula is C21H27NO2. The molecule has 0 spiro atoms. The van der Waals surface area contributed by atoms with Crippen LogP contribution in [0.1, 0.15) is 69.1 Å². The minimum atomic E-state index is -0.732. The lowest BCUT2D eigenvalue weighted by Gasteiger charge is -2.40. The predicted octanol–water partition coefficient (Wildman–Crippen LogP) is 4.50. The minimum Gasteiger partial charge on any atom is -0.465 e. The molecule has 4 atom stereocenters. The van der Waals surface area contributed by atoms with Gasteiger partial charge in [-0.1, -0.05) is 32.0 Å². The zero-order chi connectivity index (χ0) is 17.3. The Morgan fingerprint density at radius 2 is 2.25 bits per heavy atom. The molecular weight excluding hydrogens is 298 g/mol. The van der Waals surface area contributed by atoms with E-state index in [9.17, 15) is 10.1 Å². The van der Waals surface area contributed by atoms with Crippen molar-refractivity contribution in [2.24, 2.45) is 11.8 Å². The molecule has 0 saturated heterocycles. The number of carbonyl (C=O) groups excluding carboxylic acids is 1. The Labute approximate surface area is 145 Å². The van der Waals surface area contributed by atoms with Gasteiger partial charge in [0, 0.05) is 5.41 Å². The molecule has 0 N–H and O–H groups in total. The van der Waals surface area contributed by atoms with Gasteiger partial charge in [0.1, 0.15) is 0 Å². The van der Waals surface area contributed by atoms with Crippen molar-refractivity contribution < 1.29 is 9.53 Å². The number of aryl methyl sites for hydroxylation is 1. The molecule has 0 bridgehead atoms. The normalized spacial score (nSPS) is 29.8. The number of benzene rings is 1. The molecule has 128 valence electrons. The predicted molar refractivity (Wildman–Crippen MR) is 93.6 cm³/mol. The number of rotatable bonds is 4. The SMILES string of the molecule is CCOC(=O)C(C#N)C1(C)CCCc2cc(C3CCC3C)ccc21. The number of esters is 1. The number of fused-ring (bicyclic) bond motifs is 1. The highest BCUT2D eigenvalue weighted by Gasteiger charge is 2.44. The van der Waals surface area contributed by atoms with E-state index in [4.69, 9.17) is 4.74 Å². The number of ether oxygens (including phenoxy) is 1. The third-order valence-electron chi connectivity index (χ3n) is 6.22. The Kier molecular flexibility index (Phi) is 4.67. The molecule has 0 amide bonds. The van der Waals surface area contributed by atoms with Crippen LogP contribution in [0.4, 0.5) is 0 Å². The lowest BCUT2D eigenvalue weighted by Crippen LogP contribution is -2.40. The Morgan fingerprint density at radius 3 is 2.83 bits per heavy atom. The summed E-state index contributed by atoms with van der Waals surface area (Å²) in [6.45, 7) is 6.49. The molecule has 4 unspecified atom stereocenters. The van der Waals surface area contributed by atoms with Gasteiger partial charge < -0.3 is 4.74 Å². The van der Waals surface area contributed by atoms with Gasteiger partial charge in [-0.15, -0.1) is 0 Å². The summed E-state index contributed by atoms with van der Waals surface area (Å²) in [7, 11) is 0. The van der Waals surface area contributed by atoms with Crippen molar-refractivity contribution in [2.75, 3.05) is 6.61 Å². The van der Waals surface area contributed by atoms with Gasteiger partial charge in [-0.3, -0.25) is 4.79 Å². The molecule has 1 aromatic rings. The first kappa shape index (κ1) is 17.0. The molecule has 0 radical (unpaired) electrons. The largest absolute Gasteiger partial charge is 0.465 e. The first-order chi connectivity index (χ1) is 11.5. The second kappa shape index (κ2) is 6.59. The molecule has 3 nitrogen and oxygen atoms in total. The molecule has 1 saturated carbocycles. The zero-order valence-corrected chi connectivity index (χ0v) is 15.0. The van der Waals surface area contributed by atoms with Crippen LogP contribution in [0.15, 0.2) is 18.2 Å². The Bertz CT molecular complexity index is 675. The summed E-state index contributed by atoms with van der Waals surface area (Å²) in [4.78, 5) is 12.3. The summed E-state index contributed by atoms with van der Waals surface area (Å²) in [6.07, 6.45) is 5.52. The van der Waals surface area contributed by atoms with Gasteiger partial charge in [0.15, 0.2) is 5.92 Å². The van der Waals surface area contributed by atoms with Gasteiger partial charge in [-0.05, 0) is 67.6 Å². The lowest BCUT2D eigenvalue weighted by atomic mass is 9.63. The third kappa shape index (κ3) is 2.73. The standard InChI is InChI=1S/C21H27NO2/c1-4-24-20(23)19(13-22)21(3)11-5-6-16-12-15(8-10-18(16)21)17-9-7-14(17)2/h8,10,12,14,17,19H,4-7,9,11H2,1-3H3. The first-order valence-electron chi connectivity index (χ1n) is 9.20. The van der Waals surface area contributed by atoms with Crippen LogP contribution in [0.3, 0.4) is 0 Å². The van der Waals surface area contributed by atoms with Crippen LogP contribution in [0.2, 0.25) is 0 Å². The van der Waals surface area contributed by atoms with Crippen LogP contribution < -0.4 is 0 Å². The van der Waals surface area contributed by atoms with Crippen molar-refractivity contribution in [3.05, 3.63) is 34.9 Å². The summed E-state index contributed by atoms with van der Waals surface area (Å²) < 4.78 is 5.17. The van der Waals surface area contributed by atoms with E-state index in [2.05, 4.69) is 38.1 Å². The molecule has 0 heterocycles. The maximum atomic E-state index is 12.3. The van der Waals surface area contributed by atoms with E-state index in [1.807, 2.05) is 0 Å². The van der Waals surface area contributed by atoms with Crippen molar-refractivity contribution in [1.29, 1.82) is 5.26 Å². The van der Waals surface area contributed by atoms with Gasteiger partial charge >= 0.3 is 5.97 Å². The van der Waals surface area contributed by atoms with Crippen molar-refractivity contribution in [2.45, 2.75) is 64.2 Å². The molecule has 0 aliphatic heterocycles. The maximum Gasteiger partial charge on any atom is 0.324 e. The molecule has 3 rings (SSSR count). The van der Waals surface area contributed by atoms with Gasteiger partial charge in [0.25, 0.3) is 0 Å².